The van der Waals surface area contributed by atoms with E-state index in [-0.39, 0.29) is 12.5 Å². The Kier molecular flexibility index (Phi) is 4.75. The minimum Gasteiger partial charge on any atom is -0.465 e. The number of carbonyl (C=O) groups is 1. The Labute approximate surface area is 112 Å². The molecule has 0 fully saturated rings. The molecule has 2 rings (SSSR count). The van der Waals surface area contributed by atoms with E-state index >= 15 is 0 Å². The van der Waals surface area contributed by atoms with E-state index in [1.807, 2.05) is 42.5 Å². The van der Waals surface area contributed by atoms with Crippen molar-refractivity contribution in [1.29, 1.82) is 0 Å². The smallest absolute Gasteiger partial charge is 0.319 e. The van der Waals surface area contributed by atoms with Gasteiger partial charge in [-0.3, -0.25) is 10.1 Å². The molecule has 2 aromatic rings. The van der Waals surface area contributed by atoms with E-state index in [1.54, 1.807) is 6.92 Å². The second-order valence-corrected chi connectivity index (χ2v) is 4.04. The van der Waals surface area contributed by atoms with Crippen LogP contribution in [0.15, 0.2) is 46.9 Å². The molecule has 0 saturated heterocycles. The number of hydrogen-bond donors (Lipinski definition) is 1. The highest BCUT2D eigenvalue weighted by atomic mass is 16.5. The normalized spacial score (nSPS) is 10.4. The van der Waals surface area contributed by atoms with E-state index in [0.29, 0.717) is 13.2 Å². The molecule has 1 aromatic carbocycles. The van der Waals surface area contributed by atoms with Gasteiger partial charge in [0.15, 0.2) is 0 Å². The second-order valence-electron chi connectivity index (χ2n) is 4.04. The molecule has 0 radical (unpaired) electrons. The minimum atomic E-state index is -0.252. The highest BCUT2D eigenvalue weighted by molar-refractivity contribution is 5.71. The molecule has 100 valence electrons. The van der Waals surface area contributed by atoms with Gasteiger partial charge >= 0.3 is 5.97 Å². The van der Waals surface area contributed by atoms with Gasteiger partial charge in [-0.05, 0) is 19.1 Å². The van der Waals surface area contributed by atoms with E-state index in [4.69, 9.17) is 9.15 Å². The van der Waals surface area contributed by atoms with Crippen LogP contribution < -0.4 is 5.32 Å². The topological polar surface area (TPSA) is 51.5 Å². The number of nitrogens with one attached hydrogen (secondary N) is 1. The summed E-state index contributed by atoms with van der Waals surface area (Å²) in [6, 6.07) is 13.7. The summed E-state index contributed by atoms with van der Waals surface area (Å²) in [5, 5.41) is 2.98. The molecule has 0 aliphatic heterocycles. The van der Waals surface area contributed by atoms with Crippen LogP contribution in [0.2, 0.25) is 0 Å². The molecule has 0 atom stereocenters. The number of hydrogen-bond acceptors (Lipinski definition) is 4. The molecule has 4 heteroatoms. The minimum absolute atomic E-state index is 0.190. The van der Waals surface area contributed by atoms with Crippen molar-refractivity contribution in [3.63, 3.8) is 0 Å². The SMILES string of the molecule is CCOC(=O)CNCc1ccc(-c2ccccc2)o1. The van der Waals surface area contributed by atoms with Crippen molar-refractivity contribution >= 4 is 5.97 Å². The first-order valence-electron chi connectivity index (χ1n) is 6.30. The van der Waals surface area contributed by atoms with Gasteiger partial charge in [0, 0.05) is 5.56 Å². The van der Waals surface area contributed by atoms with Crippen molar-refractivity contribution in [2.24, 2.45) is 0 Å². The highest BCUT2D eigenvalue weighted by Gasteiger charge is 2.05. The fourth-order valence-electron chi connectivity index (χ4n) is 1.73. The van der Waals surface area contributed by atoms with Gasteiger partial charge in [-0.15, -0.1) is 0 Å². The maximum absolute atomic E-state index is 11.1. The lowest BCUT2D eigenvalue weighted by Gasteiger charge is -2.02. The standard InChI is InChI=1S/C15H17NO3/c1-2-18-15(17)11-16-10-13-8-9-14(19-13)12-6-4-3-5-7-12/h3-9,16H,2,10-11H2,1H3. The predicted octanol–water partition coefficient (Wildman–Crippen LogP) is 2.60. The summed E-state index contributed by atoms with van der Waals surface area (Å²) in [7, 11) is 0. The summed E-state index contributed by atoms with van der Waals surface area (Å²) in [5.74, 6) is 1.37. The molecular formula is C15H17NO3. The average molecular weight is 259 g/mol. The first kappa shape index (κ1) is 13.4. The number of esters is 1. The molecule has 0 amide bonds. The fraction of sp³-hybridized carbons (Fsp3) is 0.267. The van der Waals surface area contributed by atoms with Crippen LogP contribution in [0.1, 0.15) is 12.7 Å². The Bertz CT molecular complexity index is 519. The van der Waals surface area contributed by atoms with Gasteiger partial charge in [0.25, 0.3) is 0 Å². The van der Waals surface area contributed by atoms with E-state index in [2.05, 4.69) is 5.32 Å². The number of furan rings is 1. The monoisotopic (exact) mass is 259 g/mol. The molecule has 4 nitrogen and oxygen atoms in total. The molecule has 0 saturated carbocycles. The molecule has 0 aliphatic rings. The number of rotatable bonds is 6. The second kappa shape index (κ2) is 6.75. The molecule has 0 bridgehead atoms. The van der Waals surface area contributed by atoms with Crippen molar-refractivity contribution in [2.75, 3.05) is 13.2 Å². The number of benzene rings is 1. The van der Waals surface area contributed by atoms with Crippen LogP contribution in [-0.4, -0.2) is 19.1 Å². The van der Waals surface area contributed by atoms with Gasteiger partial charge in [0.1, 0.15) is 11.5 Å². The summed E-state index contributed by atoms with van der Waals surface area (Å²) < 4.78 is 10.5. The molecular weight excluding hydrogens is 242 g/mol. The van der Waals surface area contributed by atoms with Gasteiger partial charge in [0.05, 0.1) is 19.7 Å². The van der Waals surface area contributed by atoms with Crippen LogP contribution in [0.25, 0.3) is 11.3 Å². The number of ether oxygens (including phenoxy) is 1. The first-order chi connectivity index (χ1) is 9.29. The zero-order chi connectivity index (χ0) is 13.5. The summed E-state index contributed by atoms with van der Waals surface area (Å²) in [5.41, 5.74) is 1.04. The van der Waals surface area contributed by atoms with Gasteiger partial charge in [0.2, 0.25) is 0 Å². The average Bonchev–Trinajstić information content (AvgIpc) is 2.89. The molecule has 0 aliphatic carbocycles. The van der Waals surface area contributed by atoms with Gasteiger partial charge in [-0.1, -0.05) is 30.3 Å². The Balaban J connectivity index is 1.86. The fourth-order valence-corrected chi connectivity index (χ4v) is 1.73. The third kappa shape index (κ3) is 3.96. The van der Waals surface area contributed by atoms with Gasteiger partial charge in [-0.25, -0.2) is 0 Å². The molecule has 1 heterocycles. The first-order valence-corrected chi connectivity index (χ1v) is 6.30. The lowest BCUT2D eigenvalue weighted by Crippen LogP contribution is -2.24. The van der Waals surface area contributed by atoms with Crippen LogP contribution in [0, 0.1) is 0 Å². The van der Waals surface area contributed by atoms with Crippen LogP contribution in [0.3, 0.4) is 0 Å². The lowest BCUT2D eigenvalue weighted by atomic mass is 10.2. The van der Waals surface area contributed by atoms with E-state index < -0.39 is 0 Å². The Morgan fingerprint density at radius 1 is 1.21 bits per heavy atom. The van der Waals surface area contributed by atoms with Crippen molar-refractivity contribution in [3.8, 4) is 11.3 Å². The van der Waals surface area contributed by atoms with Crippen LogP contribution in [0.5, 0.6) is 0 Å². The molecule has 1 N–H and O–H groups in total. The van der Waals surface area contributed by atoms with E-state index in [0.717, 1.165) is 17.1 Å². The summed E-state index contributed by atoms with van der Waals surface area (Å²) in [6.07, 6.45) is 0. The summed E-state index contributed by atoms with van der Waals surface area (Å²) in [6.45, 7) is 2.89. The molecule has 1 aromatic heterocycles. The Morgan fingerprint density at radius 2 is 2.00 bits per heavy atom. The quantitative estimate of drug-likeness (QED) is 0.810. The zero-order valence-electron chi connectivity index (χ0n) is 10.9. The van der Waals surface area contributed by atoms with Crippen molar-refractivity contribution < 1.29 is 13.9 Å². The van der Waals surface area contributed by atoms with E-state index in [1.165, 1.54) is 0 Å². The van der Waals surface area contributed by atoms with Crippen molar-refractivity contribution in [1.82, 2.24) is 5.32 Å². The van der Waals surface area contributed by atoms with E-state index in [9.17, 15) is 4.79 Å². The Morgan fingerprint density at radius 3 is 2.74 bits per heavy atom. The Hall–Kier alpha value is -2.07. The van der Waals surface area contributed by atoms with Crippen LogP contribution in [-0.2, 0) is 16.1 Å². The summed E-state index contributed by atoms with van der Waals surface area (Å²) in [4.78, 5) is 11.1. The predicted molar refractivity (Wildman–Crippen MR) is 72.5 cm³/mol. The number of carbonyl (C=O) groups excluding carboxylic acids is 1. The highest BCUT2D eigenvalue weighted by Crippen LogP contribution is 2.21. The zero-order valence-corrected chi connectivity index (χ0v) is 10.9. The maximum Gasteiger partial charge on any atom is 0.319 e. The van der Waals surface area contributed by atoms with Crippen molar-refractivity contribution in [3.05, 3.63) is 48.2 Å². The lowest BCUT2D eigenvalue weighted by molar-refractivity contribution is -0.142. The third-order valence-electron chi connectivity index (χ3n) is 2.59. The van der Waals surface area contributed by atoms with Crippen molar-refractivity contribution in [2.45, 2.75) is 13.5 Å². The maximum atomic E-state index is 11.1. The molecule has 0 spiro atoms. The van der Waals surface area contributed by atoms with Crippen LogP contribution >= 0.6 is 0 Å². The third-order valence-corrected chi connectivity index (χ3v) is 2.59. The van der Waals surface area contributed by atoms with Gasteiger partial charge < -0.3 is 9.15 Å². The summed E-state index contributed by atoms with van der Waals surface area (Å²) >= 11 is 0. The molecule has 19 heavy (non-hydrogen) atoms. The molecule has 0 unspecified atom stereocenters. The largest absolute Gasteiger partial charge is 0.465 e. The van der Waals surface area contributed by atoms with Crippen LogP contribution in [0.4, 0.5) is 0 Å². The van der Waals surface area contributed by atoms with Gasteiger partial charge in [-0.2, -0.15) is 0 Å².